The van der Waals surface area contributed by atoms with Crippen molar-refractivity contribution in [3.8, 4) is 11.3 Å². The van der Waals surface area contributed by atoms with Gasteiger partial charge in [0.1, 0.15) is 12.4 Å². The molecule has 3 heterocycles. The van der Waals surface area contributed by atoms with Crippen LogP contribution in [0, 0.1) is 12.8 Å². The maximum Gasteiger partial charge on any atom is 0.408 e. The van der Waals surface area contributed by atoms with Gasteiger partial charge in [0.05, 0.1) is 11.9 Å². The van der Waals surface area contributed by atoms with E-state index >= 15 is 0 Å². The number of fused-ring (bicyclic) bond motifs is 2. The van der Waals surface area contributed by atoms with Gasteiger partial charge in [-0.05, 0) is 43.9 Å². The van der Waals surface area contributed by atoms with Gasteiger partial charge >= 0.3 is 6.18 Å². The van der Waals surface area contributed by atoms with Crippen molar-refractivity contribution in [1.29, 1.82) is 0 Å². The Morgan fingerprint density at radius 2 is 2.10 bits per heavy atom. The first kappa shape index (κ1) is 18.6. The highest BCUT2D eigenvalue weighted by Gasteiger charge is 2.50. The van der Waals surface area contributed by atoms with Crippen LogP contribution in [-0.4, -0.2) is 37.7 Å². The molecule has 1 N–H and O–H groups in total. The number of nitrogens with one attached hydrogen (secondary N) is 1. The second kappa shape index (κ2) is 6.54. The quantitative estimate of drug-likeness (QED) is 0.546. The highest BCUT2D eigenvalue weighted by Crippen LogP contribution is 2.40. The summed E-state index contributed by atoms with van der Waals surface area (Å²) in [5, 5.41) is 6.69. The van der Waals surface area contributed by atoms with Crippen LogP contribution >= 0.6 is 0 Å². The van der Waals surface area contributed by atoms with Gasteiger partial charge in [0.25, 0.3) is 5.91 Å². The van der Waals surface area contributed by atoms with Gasteiger partial charge in [-0.15, -0.1) is 0 Å². The molecule has 4 aromatic rings. The molecule has 154 valence electrons. The van der Waals surface area contributed by atoms with E-state index in [-0.39, 0.29) is 11.3 Å². The van der Waals surface area contributed by atoms with E-state index in [2.05, 4.69) is 20.4 Å². The second-order valence-electron chi connectivity index (χ2n) is 7.48. The SMILES string of the molecule is Cc1cc(-c2ccc3cnoc3c2)nc2c(C(=O)NC(C3CC3)C(F)(F)F)ncn12. The predicted octanol–water partition coefficient (Wildman–Crippen LogP) is 3.92. The molecule has 0 saturated heterocycles. The Bertz CT molecular complexity index is 1270. The highest BCUT2D eigenvalue weighted by atomic mass is 19.4. The third-order valence-corrected chi connectivity index (χ3v) is 5.29. The molecule has 0 bridgehead atoms. The van der Waals surface area contributed by atoms with Crippen molar-refractivity contribution < 1.29 is 22.5 Å². The normalized spacial score (nSPS) is 15.6. The Morgan fingerprint density at radius 1 is 1.30 bits per heavy atom. The fraction of sp³-hybridized carbons (Fsp3) is 0.300. The molecule has 1 unspecified atom stereocenters. The predicted molar refractivity (Wildman–Crippen MR) is 101 cm³/mol. The minimum Gasteiger partial charge on any atom is -0.356 e. The molecule has 0 aliphatic heterocycles. The van der Waals surface area contributed by atoms with Crippen molar-refractivity contribution in [2.24, 2.45) is 5.92 Å². The number of hydrogen-bond donors (Lipinski definition) is 1. The van der Waals surface area contributed by atoms with E-state index in [1.54, 1.807) is 29.7 Å². The Hall–Kier alpha value is -3.43. The molecule has 1 fully saturated rings. The van der Waals surface area contributed by atoms with Gasteiger partial charge in [-0.1, -0.05) is 11.2 Å². The van der Waals surface area contributed by atoms with E-state index in [1.165, 1.54) is 6.33 Å². The van der Waals surface area contributed by atoms with Gasteiger partial charge in [0, 0.05) is 16.6 Å². The topological polar surface area (TPSA) is 85.3 Å². The molecule has 0 spiro atoms. The number of hydrogen-bond acceptors (Lipinski definition) is 5. The number of aromatic nitrogens is 4. The Balaban J connectivity index is 1.54. The zero-order valence-corrected chi connectivity index (χ0v) is 15.8. The monoisotopic (exact) mass is 415 g/mol. The van der Waals surface area contributed by atoms with Crippen LogP contribution in [0.1, 0.15) is 29.0 Å². The third kappa shape index (κ3) is 3.17. The number of amides is 1. The summed E-state index contributed by atoms with van der Waals surface area (Å²) in [7, 11) is 0. The van der Waals surface area contributed by atoms with Crippen LogP contribution in [0.3, 0.4) is 0 Å². The van der Waals surface area contributed by atoms with Gasteiger partial charge in [-0.2, -0.15) is 13.2 Å². The molecule has 3 aromatic heterocycles. The van der Waals surface area contributed by atoms with Crippen molar-refractivity contribution in [2.75, 3.05) is 0 Å². The Labute approximate surface area is 167 Å². The highest BCUT2D eigenvalue weighted by molar-refractivity contribution is 5.98. The lowest BCUT2D eigenvalue weighted by Crippen LogP contribution is -2.47. The number of carbonyl (C=O) groups is 1. The number of halogens is 3. The van der Waals surface area contributed by atoms with Crippen LogP contribution in [0.5, 0.6) is 0 Å². The van der Waals surface area contributed by atoms with Crippen molar-refractivity contribution in [1.82, 2.24) is 24.8 Å². The van der Waals surface area contributed by atoms with E-state index in [0.29, 0.717) is 24.1 Å². The van der Waals surface area contributed by atoms with Crippen molar-refractivity contribution >= 4 is 22.5 Å². The number of carbonyl (C=O) groups excluding carboxylic acids is 1. The zero-order chi connectivity index (χ0) is 21.0. The Kier molecular flexibility index (Phi) is 4.05. The number of rotatable bonds is 4. The molecular formula is C20H16F3N5O2. The number of imidazole rings is 1. The molecule has 0 radical (unpaired) electrons. The molecule has 30 heavy (non-hydrogen) atoms. The second-order valence-corrected chi connectivity index (χ2v) is 7.48. The molecule has 1 saturated carbocycles. The maximum absolute atomic E-state index is 13.3. The molecule has 1 atom stereocenters. The van der Waals surface area contributed by atoms with Gasteiger partial charge < -0.3 is 9.84 Å². The summed E-state index contributed by atoms with van der Waals surface area (Å²) in [5.41, 5.74) is 2.63. The third-order valence-electron chi connectivity index (χ3n) is 5.29. The molecule has 1 aliphatic rings. The summed E-state index contributed by atoms with van der Waals surface area (Å²) < 4.78 is 46.7. The largest absolute Gasteiger partial charge is 0.408 e. The fourth-order valence-corrected chi connectivity index (χ4v) is 3.55. The fourth-order valence-electron chi connectivity index (χ4n) is 3.55. The number of alkyl halides is 3. The van der Waals surface area contributed by atoms with Crippen molar-refractivity contribution in [3.05, 3.63) is 48.2 Å². The lowest BCUT2D eigenvalue weighted by atomic mass is 10.1. The zero-order valence-electron chi connectivity index (χ0n) is 15.8. The summed E-state index contributed by atoms with van der Waals surface area (Å²) in [6.45, 7) is 1.80. The van der Waals surface area contributed by atoms with Crippen LogP contribution in [0.25, 0.3) is 27.9 Å². The van der Waals surface area contributed by atoms with E-state index in [1.807, 2.05) is 12.1 Å². The lowest BCUT2D eigenvalue weighted by molar-refractivity contribution is -0.158. The van der Waals surface area contributed by atoms with Crippen LogP contribution in [0.2, 0.25) is 0 Å². The molecule has 1 amide bonds. The maximum atomic E-state index is 13.3. The van der Waals surface area contributed by atoms with Crippen molar-refractivity contribution in [2.45, 2.75) is 32.0 Å². The minimum absolute atomic E-state index is 0.143. The minimum atomic E-state index is -4.51. The lowest BCUT2D eigenvalue weighted by Gasteiger charge is -2.20. The number of nitrogens with zero attached hydrogens (tertiary/aromatic N) is 4. The van der Waals surface area contributed by atoms with E-state index < -0.39 is 24.0 Å². The first-order valence-corrected chi connectivity index (χ1v) is 9.38. The van der Waals surface area contributed by atoms with Gasteiger partial charge in [0.15, 0.2) is 16.9 Å². The average molecular weight is 415 g/mol. The van der Waals surface area contributed by atoms with Crippen LogP contribution in [0.4, 0.5) is 13.2 Å². The molecule has 1 aliphatic carbocycles. The summed E-state index contributed by atoms with van der Waals surface area (Å²) in [6, 6.07) is 5.36. The van der Waals surface area contributed by atoms with Gasteiger partial charge in [-0.3, -0.25) is 9.20 Å². The van der Waals surface area contributed by atoms with E-state index in [9.17, 15) is 18.0 Å². The van der Waals surface area contributed by atoms with Gasteiger partial charge in [-0.25, -0.2) is 9.97 Å². The molecule has 5 rings (SSSR count). The molecule has 7 nitrogen and oxygen atoms in total. The van der Waals surface area contributed by atoms with E-state index in [4.69, 9.17) is 4.52 Å². The first-order chi connectivity index (χ1) is 14.3. The summed E-state index contributed by atoms with van der Waals surface area (Å²) >= 11 is 0. The average Bonchev–Trinajstić information content (AvgIpc) is 3.24. The number of aryl methyl sites for hydroxylation is 1. The number of benzene rings is 1. The van der Waals surface area contributed by atoms with Crippen LogP contribution < -0.4 is 5.32 Å². The van der Waals surface area contributed by atoms with Gasteiger partial charge in [0.2, 0.25) is 0 Å². The summed E-state index contributed by atoms with van der Waals surface area (Å²) in [6.07, 6.45) is -0.638. The van der Waals surface area contributed by atoms with E-state index in [0.717, 1.165) is 16.6 Å². The first-order valence-electron chi connectivity index (χ1n) is 9.38. The molecule has 10 heteroatoms. The standard InChI is InChI=1S/C20H16F3N5O2/c1-10-6-14(12-4-5-13-8-25-30-15(13)7-12)26-18-16(24-9-28(10)18)19(29)27-17(11-2-3-11)20(21,22)23/h4-9,11,17H,2-3H2,1H3,(H,27,29). The molecular weight excluding hydrogens is 399 g/mol. The Morgan fingerprint density at radius 3 is 2.83 bits per heavy atom. The van der Waals surface area contributed by atoms with Crippen LogP contribution in [0.15, 0.2) is 41.3 Å². The smallest absolute Gasteiger partial charge is 0.356 e. The molecule has 1 aromatic carbocycles. The van der Waals surface area contributed by atoms with Crippen LogP contribution in [-0.2, 0) is 0 Å². The van der Waals surface area contributed by atoms with Crippen molar-refractivity contribution in [3.63, 3.8) is 0 Å². The summed E-state index contributed by atoms with van der Waals surface area (Å²) in [4.78, 5) is 21.2. The summed E-state index contributed by atoms with van der Waals surface area (Å²) in [5.74, 6) is -1.47.